The number of carbonyl (C=O) groups excluding carboxylic acids is 1. The minimum atomic E-state index is 0.0646. The highest BCUT2D eigenvalue weighted by Crippen LogP contribution is 2.26. The Morgan fingerprint density at radius 3 is 2.52 bits per heavy atom. The van der Waals surface area contributed by atoms with Crippen LogP contribution in [0.25, 0.3) is 0 Å². The SMILES string of the molecule is Cc1ccccc1[C@@H](CC(=O)NC1CCCCC1)n1cccc1. The molecule has 0 aliphatic heterocycles. The van der Waals surface area contributed by atoms with Crippen molar-refractivity contribution in [1.29, 1.82) is 0 Å². The second kappa shape index (κ2) is 7.49. The van der Waals surface area contributed by atoms with Crippen LogP contribution in [0, 0.1) is 6.92 Å². The average molecular weight is 310 g/mol. The predicted octanol–water partition coefficient (Wildman–Crippen LogP) is 4.22. The van der Waals surface area contributed by atoms with E-state index in [0.717, 1.165) is 12.8 Å². The minimum Gasteiger partial charge on any atom is -0.353 e. The molecule has 0 spiro atoms. The first-order valence-corrected chi connectivity index (χ1v) is 8.71. The number of aryl methyl sites for hydroxylation is 1. The Bertz CT molecular complexity index is 627. The topological polar surface area (TPSA) is 34.0 Å². The van der Waals surface area contributed by atoms with Gasteiger partial charge in [0, 0.05) is 18.4 Å². The van der Waals surface area contributed by atoms with Crippen molar-refractivity contribution in [3.8, 4) is 0 Å². The van der Waals surface area contributed by atoms with Gasteiger partial charge in [-0.25, -0.2) is 0 Å². The average Bonchev–Trinajstić information content (AvgIpc) is 3.09. The van der Waals surface area contributed by atoms with E-state index in [9.17, 15) is 4.79 Å². The fourth-order valence-electron chi connectivity index (χ4n) is 3.60. The van der Waals surface area contributed by atoms with Gasteiger partial charge >= 0.3 is 0 Å². The maximum absolute atomic E-state index is 12.6. The second-order valence-corrected chi connectivity index (χ2v) is 6.61. The Morgan fingerprint density at radius 2 is 1.83 bits per heavy atom. The maximum atomic E-state index is 12.6. The first-order valence-electron chi connectivity index (χ1n) is 8.71. The van der Waals surface area contributed by atoms with Crippen molar-refractivity contribution in [3.05, 3.63) is 59.9 Å². The Morgan fingerprint density at radius 1 is 1.13 bits per heavy atom. The van der Waals surface area contributed by atoms with Crippen LogP contribution in [0.3, 0.4) is 0 Å². The minimum absolute atomic E-state index is 0.0646. The van der Waals surface area contributed by atoms with Crippen LogP contribution in [-0.4, -0.2) is 16.5 Å². The molecule has 1 saturated carbocycles. The van der Waals surface area contributed by atoms with Crippen molar-refractivity contribution in [3.63, 3.8) is 0 Å². The van der Waals surface area contributed by atoms with E-state index in [0.29, 0.717) is 12.5 Å². The van der Waals surface area contributed by atoms with Crippen LogP contribution >= 0.6 is 0 Å². The molecule has 1 heterocycles. The van der Waals surface area contributed by atoms with Crippen LogP contribution < -0.4 is 5.32 Å². The van der Waals surface area contributed by atoms with Gasteiger partial charge in [-0.1, -0.05) is 43.5 Å². The van der Waals surface area contributed by atoms with E-state index >= 15 is 0 Å². The molecule has 1 aromatic heterocycles. The summed E-state index contributed by atoms with van der Waals surface area (Å²) < 4.78 is 2.14. The van der Waals surface area contributed by atoms with Crippen molar-refractivity contribution in [2.24, 2.45) is 0 Å². The van der Waals surface area contributed by atoms with Crippen molar-refractivity contribution in [2.75, 3.05) is 0 Å². The Kier molecular flexibility index (Phi) is 5.16. The van der Waals surface area contributed by atoms with Gasteiger partial charge in [-0.15, -0.1) is 0 Å². The standard InChI is InChI=1S/C20H26N2O/c1-16-9-5-6-12-18(16)19(22-13-7-8-14-22)15-20(23)21-17-10-3-2-4-11-17/h5-9,12-14,17,19H,2-4,10-11,15H2,1H3,(H,21,23)/t19-/m1/s1. The van der Waals surface area contributed by atoms with E-state index in [2.05, 4.69) is 35.0 Å². The molecule has 0 bridgehead atoms. The molecule has 3 nitrogen and oxygen atoms in total. The number of benzene rings is 1. The molecule has 3 rings (SSSR count). The lowest BCUT2D eigenvalue weighted by atomic mass is 9.94. The normalized spacial score (nSPS) is 16.9. The lowest BCUT2D eigenvalue weighted by molar-refractivity contribution is -0.122. The fraction of sp³-hybridized carbons (Fsp3) is 0.450. The third-order valence-electron chi connectivity index (χ3n) is 4.88. The monoisotopic (exact) mass is 310 g/mol. The van der Waals surface area contributed by atoms with E-state index in [4.69, 9.17) is 0 Å². The van der Waals surface area contributed by atoms with Crippen LogP contribution in [0.1, 0.15) is 55.7 Å². The van der Waals surface area contributed by atoms with E-state index < -0.39 is 0 Å². The summed E-state index contributed by atoms with van der Waals surface area (Å²) in [4.78, 5) is 12.6. The summed E-state index contributed by atoms with van der Waals surface area (Å²) in [7, 11) is 0. The molecule has 0 unspecified atom stereocenters. The highest BCUT2D eigenvalue weighted by atomic mass is 16.1. The number of nitrogens with zero attached hydrogens (tertiary/aromatic N) is 1. The number of hydrogen-bond donors (Lipinski definition) is 1. The molecule has 1 atom stereocenters. The molecule has 2 aromatic rings. The van der Waals surface area contributed by atoms with Gasteiger partial charge in [0.15, 0.2) is 0 Å². The molecule has 1 aliphatic carbocycles. The number of aromatic nitrogens is 1. The van der Waals surface area contributed by atoms with Gasteiger partial charge in [-0.2, -0.15) is 0 Å². The van der Waals surface area contributed by atoms with Crippen molar-refractivity contribution < 1.29 is 4.79 Å². The first kappa shape index (κ1) is 15.9. The molecule has 3 heteroatoms. The molecule has 122 valence electrons. The van der Waals surface area contributed by atoms with Gasteiger partial charge < -0.3 is 9.88 Å². The zero-order chi connectivity index (χ0) is 16.1. The maximum Gasteiger partial charge on any atom is 0.222 e. The van der Waals surface area contributed by atoms with E-state index in [1.54, 1.807) is 0 Å². The lowest BCUT2D eigenvalue weighted by Gasteiger charge is -2.25. The summed E-state index contributed by atoms with van der Waals surface area (Å²) in [6.45, 7) is 2.12. The van der Waals surface area contributed by atoms with Crippen molar-refractivity contribution in [2.45, 2.75) is 57.5 Å². The molecule has 1 amide bonds. The Balaban J connectivity index is 1.74. The second-order valence-electron chi connectivity index (χ2n) is 6.61. The summed E-state index contributed by atoms with van der Waals surface area (Å²) in [6.07, 6.45) is 10.6. The van der Waals surface area contributed by atoms with Crippen LogP contribution in [0.5, 0.6) is 0 Å². The molecular weight excluding hydrogens is 284 g/mol. The zero-order valence-corrected chi connectivity index (χ0v) is 13.9. The van der Waals surface area contributed by atoms with Gasteiger partial charge in [0.05, 0.1) is 12.5 Å². The van der Waals surface area contributed by atoms with Gasteiger partial charge in [0.25, 0.3) is 0 Å². The number of nitrogens with one attached hydrogen (secondary N) is 1. The first-order chi connectivity index (χ1) is 11.2. The number of hydrogen-bond acceptors (Lipinski definition) is 1. The van der Waals surface area contributed by atoms with Crippen molar-refractivity contribution in [1.82, 2.24) is 9.88 Å². The fourth-order valence-corrected chi connectivity index (χ4v) is 3.60. The summed E-state index contributed by atoms with van der Waals surface area (Å²) in [5, 5.41) is 3.25. The summed E-state index contributed by atoms with van der Waals surface area (Å²) in [6, 6.07) is 12.8. The summed E-state index contributed by atoms with van der Waals surface area (Å²) >= 11 is 0. The molecule has 23 heavy (non-hydrogen) atoms. The summed E-state index contributed by atoms with van der Waals surface area (Å²) in [5.74, 6) is 0.166. The van der Waals surface area contributed by atoms with Gasteiger partial charge in [-0.3, -0.25) is 4.79 Å². The van der Waals surface area contributed by atoms with Crippen LogP contribution in [0.4, 0.5) is 0 Å². The lowest BCUT2D eigenvalue weighted by Crippen LogP contribution is -2.37. The van der Waals surface area contributed by atoms with Crippen LogP contribution in [-0.2, 0) is 4.79 Å². The molecule has 0 saturated heterocycles. The van der Waals surface area contributed by atoms with Gasteiger partial charge in [-0.05, 0) is 43.0 Å². The predicted molar refractivity (Wildman–Crippen MR) is 93.4 cm³/mol. The molecule has 1 fully saturated rings. The molecule has 1 N–H and O–H groups in total. The molecular formula is C20H26N2O. The van der Waals surface area contributed by atoms with Crippen LogP contribution in [0.15, 0.2) is 48.8 Å². The quantitative estimate of drug-likeness (QED) is 0.881. The van der Waals surface area contributed by atoms with E-state index in [1.807, 2.05) is 30.6 Å². The van der Waals surface area contributed by atoms with Crippen LogP contribution in [0.2, 0.25) is 0 Å². The van der Waals surface area contributed by atoms with Gasteiger partial charge in [0.1, 0.15) is 0 Å². The number of amides is 1. The molecule has 1 aliphatic rings. The Labute approximate surface area is 138 Å². The van der Waals surface area contributed by atoms with Gasteiger partial charge in [0.2, 0.25) is 5.91 Å². The third kappa shape index (κ3) is 4.04. The zero-order valence-electron chi connectivity index (χ0n) is 13.9. The summed E-state index contributed by atoms with van der Waals surface area (Å²) in [5.41, 5.74) is 2.46. The third-order valence-corrected chi connectivity index (χ3v) is 4.88. The highest BCUT2D eigenvalue weighted by molar-refractivity contribution is 5.77. The van der Waals surface area contributed by atoms with E-state index in [1.165, 1.54) is 30.4 Å². The highest BCUT2D eigenvalue weighted by Gasteiger charge is 2.21. The van der Waals surface area contributed by atoms with Crippen molar-refractivity contribution >= 4 is 5.91 Å². The smallest absolute Gasteiger partial charge is 0.222 e. The largest absolute Gasteiger partial charge is 0.353 e. The Hall–Kier alpha value is -2.03. The molecule has 0 radical (unpaired) electrons. The molecule has 1 aromatic carbocycles. The van der Waals surface area contributed by atoms with E-state index in [-0.39, 0.29) is 11.9 Å². The number of rotatable bonds is 5. The number of carbonyl (C=O) groups is 1.